The molecule has 0 aliphatic heterocycles. The summed E-state index contributed by atoms with van der Waals surface area (Å²) < 4.78 is 33.2. The van der Waals surface area contributed by atoms with Gasteiger partial charge in [0, 0.05) is 25.2 Å². The van der Waals surface area contributed by atoms with E-state index in [4.69, 9.17) is 16.3 Å². The molecule has 0 heterocycles. The maximum absolute atomic E-state index is 14.0. The fourth-order valence-electron chi connectivity index (χ4n) is 2.32. The standard InChI is InChI=1S/C17H25ClF2N2O2/c1-7-22(5)10-21-14-9-15(24-6)13(8-12(14)4)16(23,11(2)3)17(18,19)20/h8-11,23H,7H2,1-6H3. The summed E-state index contributed by atoms with van der Waals surface area (Å²) in [7, 11) is 3.23. The van der Waals surface area contributed by atoms with Crippen molar-refractivity contribution in [3.8, 4) is 5.75 Å². The molecule has 0 aliphatic carbocycles. The highest BCUT2D eigenvalue weighted by Gasteiger charge is 2.56. The molecule has 24 heavy (non-hydrogen) atoms. The second-order valence-corrected chi connectivity index (χ2v) is 6.55. The van der Waals surface area contributed by atoms with Crippen LogP contribution in [0.2, 0.25) is 0 Å². The largest absolute Gasteiger partial charge is 0.496 e. The number of aliphatic imine (C=N–C) groups is 1. The van der Waals surface area contributed by atoms with Gasteiger partial charge in [-0.3, -0.25) is 0 Å². The lowest BCUT2D eigenvalue weighted by atomic mass is 9.82. The van der Waals surface area contributed by atoms with Gasteiger partial charge in [-0.05, 0) is 43.0 Å². The van der Waals surface area contributed by atoms with Crippen LogP contribution >= 0.6 is 11.6 Å². The summed E-state index contributed by atoms with van der Waals surface area (Å²) in [5.41, 5.74) is -1.42. The van der Waals surface area contributed by atoms with Gasteiger partial charge in [-0.15, -0.1) is 0 Å². The summed E-state index contributed by atoms with van der Waals surface area (Å²) in [6, 6.07) is 2.98. The summed E-state index contributed by atoms with van der Waals surface area (Å²) in [6.07, 6.45) is 1.65. The molecule has 1 aromatic rings. The number of ether oxygens (including phenoxy) is 1. The molecule has 0 aromatic heterocycles. The minimum Gasteiger partial charge on any atom is -0.496 e. The third-order valence-electron chi connectivity index (χ3n) is 4.09. The van der Waals surface area contributed by atoms with Crippen LogP contribution < -0.4 is 4.74 Å². The Labute approximate surface area is 147 Å². The molecule has 1 rings (SSSR count). The van der Waals surface area contributed by atoms with Gasteiger partial charge in [-0.25, -0.2) is 4.99 Å². The smallest absolute Gasteiger partial charge is 0.354 e. The Hall–Kier alpha value is -1.40. The van der Waals surface area contributed by atoms with Crippen LogP contribution in [0.25, 0.3) is 0 Å². The van der Waals surface area contributed by atoms with Crippen molar-refractivity contribution in [3.05, 3.63) is 23.3 Å². The third-order valence-corrected chi connectivity index (χ3v) is 4.38. The third kappa shape index (κ3) is 3.98. The van der Waals surface area contributed by atoms with E-state index in [-0.39, 0.29) is 11.3 Å². The molecule has 0 spiro atoms. The van der Waals surface area contributed by atoms with Crippen LogP contribution in [-0.4, -0.2) is 42.4 Å². The number of aliphatic hydroxyl groups is 1. The number of hydrogen-bond donors (Lipinski definition) is 1. The maximum atomic E-state index is 14.0. The van der Waals surface area contributed by atoms with E-state index >= 15 is 0 Å². The highest BCUT2D eigenvalue weighted by molar-refractivity contribution is 6.22. The zero-order chi connectivity index (χ0) is 18.7. The fourth-order valence-corrected chi connectivity index (χ4v) is 2.64. The van der Waals surface area contributed by atoms with Gasteiger partial charge in [0.1, 0.15) is 5.75 Å². The molecule has 1 atom stereocenters. The van der Waals surface area contributed by atoms with E-state index < -0.39 is 16.9 Å². The molecule has 0 amide bonds. The van der Waals surface area contributed by atoms with Crippen LogP contribution in [0.15, 0.2) is 17.1 Å². The summed E-state index contributed by atoms with van der Waals surface area (Å²) >= 11 is 5.24. The molecule has 1 aromatic carbocycles. The Morgan fingerprint density at radius 2 is 2.00 bits per heavy atom. The van der Waals surface area contributed by atoms with Crippen LogP contribution in [0, 0.1) is 12.8 Å². The van der Waals surface area contributed by atoms with Gasteiger partial charge in [0.15, 0.2) is 5.60 Å². The maximum Gasteiger partial charge on any atom is 0.354 e. The molecule has 7 heteroatoms. The Kier molecular flexibility index (Phi) is 6.59. The van der Waals surface area contributed by atoms with Gasteiger partial charge < -0.3 is 14.7 Å². The molecule has 1 unspecified atom stereocenters. The number of benzene rings is 1. The second-order valence-electron chi connectivity index (χ2n) is 6.08. The first kappa shape index (κ1) is 20.6. The van der Waals surface area contributed by atoms with E-state index in [1.54, 1.807) is 13.3 Å². The summed E-state index contributed by atoms with van der Waals surface area (Å²) in [4.78, 5) is 6.21. The molecular formula is C17H25ClF2N2O2. The monoisotopic (exact) mass is 362 g/mol. The number of methoxy groups -OCH3 is 1. The van der Waals surface area contributed by atoms with Crippen molar-refractivity contribution in [1.82, 2.24) is 4.90 Å². The van der Waals surface area contributed by atoms with E-state index in [9.17, 15) is 13.9 Å². The Morgan fingerprint density at radius 1 is 1.42 bits per heavy atom. The number of halogens is 3. The van der Waals surface area contributed by atoms with Gasteiger partial charge in [-0.1, -0.05) is 13.8 Å². The number of aryl methyl sites for hydroxylation is 1. The molecule has 0 radical (unpaired) electrons. The Bertz CT molecular complexity index is 603. The van der Waals surface area contributed by atoms with Crippen LogP contribution in [-0.2, 0) is 5.60 Å². The van der Waals surface area contributed by atoms with Crippen LogP contribution in [0.3, 0.4) is 0 Å². The van der Waals surface area contributed by atoms with Crippen molar-refractivity contribution in [1.29, 1.82) is 0 Å². The average Bonchev–Trinajstić information content (AvgIpc) is 2.50. The molecule has 0 saturated heterocycles. The fraction of sp³-hybridized carbons (Fsp3) is 0.588. The summed E-state index contributed by atoms with van der Waals surface area (Å²) in [5, 5.41) is 6.82. The minimum atomic E-state index is -3.85. The van der Waals surface area contributed by atoms with E-state index in [0.29, 0.717) is 11.3 Å². The van der Waals surface area contributed by atoms with Crippen molar-refractivity contribution >= 4 is 23.6 Å². The van der Waals surface area contributed by atoms with E-state index in [1.165, 1.54) is 33.1 Å². The summed E-state index contributed by atoms with van der Waals surface area (Å²) in [5.74, 6) is -0.720. The first-order valence-corrected chi connectivity index (χ1v) is 8.09. The Balaban J connectivity index is 3.51. The zero-order valence-electron chi connectivity index (χ0n) is 14.9. The number of alkyl halides is 3. The first-order valence-electron chi connectivity index (χ1n) is 7.71. The summed E-state index contributed by atoms with van der Waals surface area (Å²) in [6.45, 7) is 7.45. The molecule has 0 aliphatic rings. The van der Waals surface area contributed by atoms with Crippen molar-refractivity contribution in [2.45, 2.75) is 38.7 Å². The molecule has 0 bridgehead atoms. The van der Waals surface area contributed by atoms with Crippen molar-refractivity contribution < 1.29 is 18.6 Å². The minimum absolute atomic E-state index is 0.0553. The average molecular weight is 363 g/mol. The van der Waals surface area contributed by atoms with Crippen molar-refractivity contribution in [2.75, 3.05) is 20.7 Å². The molecule has 0 fully saturated rings. The number of hydrogen-bond acceptors (Lipinski definition) is 3. The van der Waals surface area contributed by atoms with Gasteiger partial charge in [0.2, 0.25) is 0 Å². The lowest BCUT2D eigenvalue weighted by Crippen LogP contribution is -2.46. The van der Waals surface area contributed by atoms with Gasteiger partial charge in [0.05, 0.1) is 19.1 Å². The van der Waals surface area contributed by atoms with Gasteiger partial charge >= 0.3 is 5.38 Å². The van der Waals surface area contributed by atoms with Crippen LogP contribution in [0.5, 0.6) is 5.75 Å². The first-order chi connectivity index (χ1) is 11.0. The van der Waals surface area contributed by atoms with E-state index in [1.807, 2.05) is 18.9 Å². The zero-order valence-corrected chi connectivity index (χ0v) is 15.7. The van der Waals surface area contributed by atoms with Crippen molar-refractivity contribution in [2.24, 2.45) is 10.9 Å². The van der Waals surface area contributed by atoms with E-state index in [0.717, 1.165) is 6.54 Å². The highest BCUT2D eigenvalue weighted by atomic mass is 35.5. The predicted octanol–water partition coefficient (Wildman–Crippen LogP) is 4.29. The topological polar surface area (TPSA) is 45.1 Å². The lowest BCUT2D eigenvalue weighted by Gasteiger charge is -2.37. The van der Waals surface area contributed by atoms with Crippen LogP contribution in [0.4, 0.5) is 14.5 Å². The molecular weight excluding hydrogens is 338 g/mol. The number of rotatable bonds is 7. The number of nitrogens with zero attached hydrogens (tertiary/aromatic N) is 2. The van der Waals surface area contributed by atoms with Gasteiger partial charge in [-0.2, -0.15) is 8.78 Å². The molecule has 1 N–H and O–H groups in total. The van der Waals surface area contributed by atoms with E-state index in [2.05, 4.69) is 4.99 Å². The lowest BCUT2D eigenvalue weighted by molar-refractivity contribution is -0.160. The van der Waals surface area contributed by atoms with Gasteiger partial charge in [0.25, 0.3) is 0 Å². The second kappa shape index (κ2) is 7.66. The molecule has 0 saturated carbocycles. The Morgan fingerprint density at radius 3 is 2.42 bits per heavy atom. The predicted molar refractivity (Wildman–Crippen MR) is 93.7 cm³/mol. The normalized spacial score (nSPS) is 15.0. The molecule has 136 valence electrons. The van der Waals surface area contributed by atoms with Crippen LogP contribution in [0.1, 0.15) is 31.9 Å². The highest BCUT2D eigenvalue weighted by Crippen LogP contribution is 2.49. The quantitative estimate of drug-likeness (QED) is 0.447. The SMILES string of the molecule is CCN(C)C=Nc1cc(OC)c(C(O)(C(C)C)C(F)(F)Cl)cc1C. The molecule has 4 nitrogen and oxygen atoms in total. The van der Waals surface area contributed by atoms with Crippen molar-refractivity contribution in [3.63, 3.8) is 0 Å².